The van der Waals surface area contributed by atoms with E-state index in [0.717, 1.165) is 0 Å². The van der Waals surface area contributed by atoms with Crippen LogP contribution in [-0.2, 0) is 0 Å². The van der Waals surface area contributed by atoms with Gasteiger partial charge in [0.15, 0.2) is 0 Å². The molecule has 0 heterocycles. The number of hydrogen-bond acceptors (Lipinski definition) is 5. The summed E-state index contributed by atoms with van der Waals surface area (Å²) >= 11 is 0. The van der Waals surface area contributed by atoms with Crippen LogP contribution < -0.4 is 25.5 Å². The highest BCUT2D eigenvalue weighted by molar-refractivity contribution is 5.41. The van der Waals surface area contributed by atoms with Gasteiger partial charge in [-0.25, -0.2) is 0 Å². The summed E-state index contributed by atoms with van der Waals surface area (Å²) in [5.74, 6) is 7.22. The van der Waals surface area contributed by atoms with Crippen LogP contribution in [-0.4, -0.2) is 27.4 Å². The maximum atomic E-state index is 5.43. The van der Waals surface area contributed by atoms with Crippen LogP contribution in [0.4, 0.5) is 0 Å². The van der Waals surface area contributed by atoms with Gasteiger partial charge in [-0.15, -0.1) is 0 Å². The molecule has 0 amide bonds. The Kier molecular flexibility index (Phi) is 4.73. The first-order valence-corrected chi connectivity index (χ1v) is 4.59. The zero-order valence-corrected chi connectivity index (χ0v) is 8.95. The predicted molar refractivity (Wildman–Crippen MR) is 57.2 cm³/mol. The van der Waals surface area contributed by atoms with Gasteiger partial charge in [-0.05, 0) is 0 Å². The van der Waals surface area contributed by atoms with Crippen molar-refractivity contribution in [3.05, 3.63) is 18.2 Å². The molecule has 3 N–H and O–H groups in total. The zero-order chi connectivity index (χ0) is 11.1. The van der Waals surface area contributed by atoms with Gasteiger partial charge in [0.25, 0.3) is 0 Å². The SMILES string of the molecule is COc1cc(OC)cc(OCCNN)c1. The second-order valence-corrected chi connectivity index (χ2v) is 2.85. The lowest BCUT2D eigenvalue weighted by Gasteiger charge is -2.09. The van der Waals surface area contributed by atoms with E-state index in [1.165, 1.54) is 0 Å². The molecule has 5 nitrogen and oxygen atoms in total. The van der Waals surface area contributed by atoms with Crippen molar-refractivity contribution in [1.82, 2.24) is 5.43 Å². The highest BCUT2D eigenvalue weighted by Crippen LogP contribution is 2.27. The van der Waals surface area contributed by atoms with Gasteiger partial charge >= 0.3 is 0 Å². The molecule has 0 bridgehead atoms. The van der Waals surface area contributed by atoms with Crippen LogP contribution in [0.2, 0.25) is 0 Å². The Balaban J connectivity index is 2.68. The molecule has 5 heteroatoms. The lowest BCUT2D eigenvalue weighted by Crippen LogP contribution is -2.27. The molecule has 1 rings (SSSR count). The fourth-order valence-corrected chi connectivity index (χ4v) is 1.09. The summed E-state index contributed by atoms with van der Waals surface area (Å²) in [6, 6.07) is 5.37. The third kappa shape index (κ3) is 3.65. The van der Waals surface area contributed by atoms with Crippen LogP contribution >= 0.6 is 0 Å². The Morgan fingerprint density at radius 1 is 1.07 bits per heavy atom. The Morgan fingerprint density at radius 2 is 1.60 bits per heavy atom. The molecule has 0 aliphatic heterocycles. The van der Waals surface area contributed by atoms with Crippen molar-refractivity contribution in [1.29, 1.82) is 0 Å². The summed E-state index contributed by atoms with van der Waals surface area (Å²) in [5, 5.41) is 0. The number of benzene rings is 1. The molecule has 0 spiro atoms. The zero-order valence-electron chi connectivity index (χ0n) is 8.95. The standard InChI is InChI=1S/C10H16N2O3/c1-13-8-5-9(14-2)7-10(6-8)15-4-3-12-11/h5-7,12H,3-4,11H2,1-2H3. The minimum atomic E-state index is 0.493. The third-order valence-corrected chi connectivity index (χ3v) is 1.84. The molecule has 0 atom stereocenters. The number of nitrogens with two attached hydrogens (primary N) is 1. The molecule has 0 aromatic heterocycles. The van der Waals surface area contributed by atoms with Gasteiger partial charge in [0, 0.05) is 24.7 Å². The van der Waals surface area contributed by atoms with Crippen molar-refractivity contribution in [2.24, 2.45) is 5.84 Å². The summed E-state index contributed by atoms with van der Waals surface area (Å²) in [6.07, 6.45) is 0. The number of nitrogens with one attached hydrogen (secondary N) is 1. The van der Waals surface area contributed by atoms with E-state index in [1.54, 1.807) is 32.4 Å². The van der Waals surface area contributed by atoms with E-state index in [-0.39, 0.29) is 0 Å². The number of methoxy groups -OCH3 is 2. The fraction of sp³-hybridized carbons (Fsp3) is 0.400. The first-order valence-electron chi connectivity index (χ1n) is 4.59. The van der Waals surface area contributed by atoms with E-state index in [9.17, 15) is 0 Å². The topological polar surface area (TPSA) is 65.7 Å². The highest BCUT2D eigenvalue weighted by Gasteiger charge is 2.02. The lowest BCUT2D eigenvalue weighted by atomic mass is 10.3. The second-order valence-electron chi connectivity index (χ2n) is 2.85. The van der Waals surface area contributed by atoms with E-state index in [2.05, 4.69) is 5.43 Å². The molecule has 1 aromatic rings. The van der Waals surface area contributed by atoms with Crippen LogP contribution in [0.5, 0.6) is 17.2 Å². The minimum Gasteiger partial charge on any atom is -0.496 e. The number of hydrogen-bond donors (Lipinski definition) is 2. The minimum absolute atomic E-state index is 0.493. The maximum Gasteiger partial charge on any atom is 0.126 e. The van der Waals surface area contributed by atoms with E-state index in [1.807, 2.05) is 0 Å². The fourth-order valence-electron chi connectivity index (χ4n) is 1.09. The summed E-state index contributed by atoms with van der Waals surface area (Å²) in [7, 11) is 3.19. The quantitative estimate of drug-likeness (QED) is 0.409. The lowest BCUT2D eigenvalue weighted by molar-refractivity contribution is 0.309. The average Bonchev–Trinajstić information content (AvgIpc) is 2.29. The van der Waals surface area contributed by atoms with Crippen LogP contribution in [0.1, 0.15) is 0 Å². The molecule has 0 fully saturated rings. The number of hydrazine groups is 1. The largest absolute Gasteiger partial charge is 0.496 e. The van der Waals surface area contributed by atoms with Gasteiger partial charge in [0.1, 0.15) is 23.9 Å². The molecule has 0 aliphatic carbocycles. The van der Waals surface area contributed by atoms with Crippen LogP contribution in [0.15, 0.2) is 18.2 Å². The van der Waals surface area contributed by atoms with Crippen molar-refractivity contribution in [2.75, 3.05) is 27.4 Å². The number of rotatable bonds is 6. The number of ether oxygens (including phenoxy) is 3. The summed E-state index contributed by atoms with van der Waals surface area (Å²) in [4.78, 5) is 0. The van der Waals surface area contributed by atoms with Gasteiger partial charge in [0.05, 0.1) is 14.2 Å². The Morgan fingerprint density at radius 3 is 2.07 bits per heavy atom. The maximum absolute atomic E-state index is 5.43. The molecule has 0 saturated heterocycles. The van der Waals surface area contributed by atoms with Gasteiger partial charge in [-0.1, -0.05) is 0 Å². The summed E-state index contributed by atoms with van der Waals surface area (Å²) in [5.41, 5.74) is 2.51. The van der Waals surface area contributed by atoms with Crippen LogP contribution in [0, 0.1) is 0 Å². The first kappa shape index (κ1) is 11.6. The van der Waals surface area contributed by atoms with Crippen molar-refractivity contribution in [3.63, 3.8) is 0 Å². The molecule has 0 radical (unpaired) electrons. The highest BCUT2D eigenvalue weighted by atomic mass is 16.5. The van der Waals surface area contributed by atoms with E-state index in [4.69, 9.17) is 20.1 Å². The van der Waals surface area contributed by atoms with E-state index in [0.29, 0.717) is 30.4 Å². The normalized spacial score (nSPS) is 9.80. The molecule has 1 aromatic carbocycles. The molecule has 0 unspecified atom stereocenters. The Labute approximate surface area is 89.1 Å². The second kappa shape index (κ2) is 6.10. The Bertz CT molecular complexity index is 282. The summed E-state index contributed by atoms with van der Waals surface area (Å²) in [6.45, 7) is 1.08. The monoisotopic (exact) mass is 212 g/mol. The van der Waals surface area contributed by atoms with Gasteiger partial charge in [-0.3, -0.25) is 11.3 Å². The molecular formula is C10H16N2O3. The average molecular weight is 212 g/mol. The smallest absolute Gasteiger partial charge is 0.126 e. The van der Waals surface area contributed by atoms with Crippen molar-refractivity contribution in [2.45, 2.75) is 0 Å². The van der Waals surface area contributed by atoms with Crippen LogP contribution in [0.25, 0.3) is 0 Å². The van der Waals surface area contributed by atoms with Crippen LogP contribution in [0.3, 0.4) is 0 Å². The van der Waals surface area contributed by atoms with Gasteiger partial charge in [0.2, 0.25) is 0 Å². The van der Waals surface area contributed by atoms with Gasteiger partial charge in [-0.2, -0.15) is 0 Å². The van der Waals surface area contributed by atoms with Gasteiger partial charge < -0.3 is 14.2 Å². The van der Waals surface area contributed by atoms with Crippen molar-refractivity contribution in [3.8, 4) is 17.2 Å². The third-order valence-electron chi connectivity index (χ3n) is 1.84. The molecule has 0 saturated carbocycles. The van der Waals surface area contributed by atoms with E-state index >= 15 is 0 Å². The van der Waals surface area contributed by atoms with E-state index < -0.39 is 0 Å². The molecule has 15 heavy (non-hydrogen) atoms. The van der Waals surface area contributed by atoms with Crippen molar-refractivity contribution < 1.29 is 14.2 Å². The molecular weight excluding hydrogens is 196 g/mol. The Hall–Kier alpha value is -1.46. The summed E-state index contributed by atoms with van der Waals surface area (Å²) < 4.78 is 15.6. The predicted octanol–water partition coefficient (Wildman–Crippen LogP) is 0.546. The molecule has 0 aliphatic rings. The van der Waals surface area contributed by atoms with Crippen molar-refractivity contribution >= 4 is 0 Å². The molecule has 84 valence electrons. The first-order chi connectivity index (χ1) is 7.30.